The highest BCUT2D eigenvalue weighted by Crippen LogP contribution is 2.33. The molecule has 16 heteroatoms. The van der Waals surface area contributed by atoms with Crippen LogP contribution in [0.15, 0.2) is 12.2 Å². The monoisotopic (exact) mass is 545 g/mol. The van der Waals surface area contributed by atoms with Gasteiger partial charge in [-0.15, -0.1) is 10.2 Å². The summed E-state index contributed by atoms with van der Waals surface area (Å²) in [5.41, 5.74) is 0. The molecule has 2 aliphatic rings. The molecule has 1 aliphatic carbocycles. The summed E-state index contributed by atoms with van der Waals surface area (Å²) in [4.78, 5) is 33.5. The van der Waals surface area contributed by atoms with Crippen molar-refractivity contribution in [2.75, 3.05) is 11.9 Å². The molecule has 2 fully saturated rings. The highest BCUT2D eigenvalue weighted by Gasteiger charge is 2.38. The van der Waals surface area contributed by atoms with Crippen molar-refractivity contribution in [1.82, 2.24) is 20.8 Å². The van der Waals surface area contributed by atoms with E-state index < -0.39 is 29.2 Å². The third kappa shape index (κ3) is 10.1. The van der Waals surface area contributed by atoms with Crippen LogP contribution >= 0.6 is 11.3 Å². The van der Waals surface area contributed by atoms with Crippen molar-refractivity contribution in [2.45, 2.75) is 69.4 Å². The van der Waals surface area contributed by atoms with Crippen molar-refractivity contribution in [3.8, 4) is 0 Å². The number of carboxylic acids is 1. The summed E-state index contributed by atoms with van der Waals surface area (Å²) in [6, 6.07) is -0.528. The average molecular weight is 546 g/mol. The number of aromatic nitrogens is 2. The van der Waals surface area contributed by atoms with E-state index in [1.807, 2.05) is 0 Å². The highest BCUT2D eigenvalue weighted by atomic mass is 32.1. The molecule has 1 aromatic heterocycles. The molecule has 1 saturated heterocycles. The Hall–Kier alpha value is -2.75. The lowest BCUT2D eigenvalue weighted by Crippen LogP contribution is -2.49. The molecule has 3 rings (SSSR count). The van der Waals surface area contributed by atoms with Crippen LogP contribution in [0.5, 0.6) is 0 Å². The second kappa shape index (κ2) is 13.0. The van der Waals surface area contributed by atoms with Gasteiger partial charge in [-0.3, -0.25) is 14.9 Å². The Balaban J connectivity index is 0.000000572. The number of hydrogen-bond donors (Lipinski definition) is 4. The maximum Gasteiger partial charge on any atom is 0.490 e. The minimum atomic E-state index is -5.08. The van der Waals surface area contributed by atoms with Crippen LogP contribution in [-0.2, 0) is 20.6 Å². The number of carbonyl (C=O) groups is 3. The summed E-state index contributed by atoms with van der Waals surface area (Å²) in [5.74, 6) is -2.95. The molecular formula is C20H25F6N5O4S. The zero-order chi connectivity index (χ0) is 26.9. The number of carbonyl (C=O) groups excluding carboxylic acids is 2. The number of hydrogen-bond acceptors (Lipinski definition) is 7. The predicted molar refractivity (Wildman–Crippen MR) is 116 cm³/mol. The number of nitrogens with one attached hydrogen (secondary N) is 3. The molecule has 0 radical (unpaired) electrons. The van der Waals surface area contributed by atoms with Gasteiger partial charge in [0.15, 0.2) is 0 Å². The van der Waals surface area contributed by atoms with Crippen LogP contribution < -0.4 is 16.0 Å². The number of anilines is 1. The second-order valence-electron chi connectivity index (χ2n) is 8.21. The van der Waals surface area contributed by atoms with Gasteiger partial charge in [-0.05, 0) is 31.7 Å². The Morgan fingerprint density at radius 3 is 2.22 bits per heavy atom. The quantitative estimate of drug-likeness (QED) is 0.305. The Bertz CT molecular complexity index is 926. The van der Waals surface area contributed by atoms with Gasteiger partial charge < -0.3 is 15.7 Å². The maximum atomic E-state index is 12.6. The number of alkyl halides is 6. The molecule has 1 saturated carbocycles. The van der Waals surface area contributed by atoms with Crippen LogP contribution in [0.1, 0.15) is 50.0 Å². The fourth-order valence-electron chi connectivity index (χ4n) is 3.37. The normalized spacial score (nSPS) is 19.6. The first-order valence-corrected chi connectivity index (χ1v) is 11.8. The number of rotatable bonds is 7. The van der Waals surface area contributed by atoms with E-state index in [1.165, 1.54) is 6.08 Å². The zero-order valence-corrected chi connectivity index (χ0v) is 19.6. The van der Waals surface area contributed by atoms with Gasteiger partial charge in [0.2, 0.25) is 22.0 Å². The number of carboxylic acid groups (broad SMARTS) is 1. The summed E-state index contributed by atoms with van der Waals surface area (Å²) in [7, 11) is 0. The van der Waals surface area contributed by atoms with Gasteiger partial charge in [-0.25, -0.2) is 4.79 Å². The van der Waals surface area contributed by atoms with Crippen LogP contribution in [0.25, 0.3) is 0 Å². The fourth-order valence-corrected chi connectivity index (χ4v) is 3.98. The molecule has 2 atom stereocenters. The average Bonchev–Trinajstić information content (AvgIpc) is 3.23. The number of aliphatic carboxylic acids is 1. The molecule has 1 aromatic rings. The van der Waals surface area contributed by atoms with Gasteiger partial charge in [-0.1, -0.05) is 43.1 Å². The topological polar surface area (TPSA) is 133 Å². The van der Waals surface area contributed by atoms with Crippen molar-refractivity contribution in [3.05, 3.63) is 17.2 Å². The first-order valence-electron chi connectivity index (χ1n) is 11.0. The lowest BCUT2D eigenvalue weighted by Gasteiger charge is -2.30. The summed E-state index contributed by atoms with van der Waals surface area (Å²) in [5, 5.41) is 20.6. The Labute approximate surface area is 205 Å². The number of nitrogens with zero attached hydrogens (tertiary/aromatic N) is 2. The van der Waals surface area contributed by atoms with E-state index in [9.17, 15) is 35.9 Å². The van der Waals surface area contributed by atoms with Crippen LogP contribution in [0.2, 0.25) is 0 Å². The third-order valence-electron chi connectivity index (χ3n) is 5.39. The number of amides is 2. The lowest BCUT2D eigenvalue weighted by molar-refractivity contribution is -0.192. The third-order valence-corrected chi connectivity index (χ3v) is 6.27. The standard InChI is InChI=1S/C18H24F3N5O2S.C2HF3O2/c19-18(20,21)16-25-26-17(29-16)24-14(27)8-7-12(10-11-4-3-5-11)23-15(28)13-6-1-2-9-22-13;3-2(4,5)1(6)7/h7-8,11-13,22H,1-6,9-10H2,(H,23,28)(H,24,26,27);(H,6,7)/t12-,13+;/m1./s1. The van der Waals surface area contributed by atoms with Gasteiger partial charge in [0.05, 0.1) is 6.04 Å². The molecule has 2 heterocycles. The molecular weight excluding hydrogens is 520 g/mol. The van der Waals surface area contributed by atoms with Crippen LogP contribution in [0, 0.1) is 5.92 Å². The maximum absolute atomic E-state index is 12.6. The summed E-state index contributed by atoms with van der Waals surface area (Å²) < 4.78 is 69.4. The van der Waals surface area contributed by atoms with Gasteiger partial charge in [0, 0.05) is 12.1 Å². The van der Waals surface area contributed by atoms with E-state index in [4.69, 9.17) is 9.90 Å². The molecule has 1 aliphatic heterocycles. The predicted octanol–water partition coefficient (Wildman–Crippen LogP) is 3.50. The van der Waals surface area contributed by atoms with Crippen molar-refractivity contribution < 1.29 is 45.8 Å². The molecule has 202 valence electrons. The fraction of sp³-hybridized carbons (Fsp3) is 0.650. The first kappa shape index (κ1) is 29.5. The number of halogens is 6. The molecule has 0 spiro atoms. The second-order valence-corrected chi connectivity index (χ2v) is 9.19. The van der Waals surface area contributed by atoms with E-state index in [1.54, 1.807) is 6.08 Å². The van der Waals surface area contributed by atoms with E-state index in [0.29, 0.717) is 5.92 Å². The molecule has 2 amide bonds. The van der Waals surface area contributed by atoms with E-state index in [2.05, 4.69) is 26.1 Å². The summed E-state index contributed by atoms with van der Waals surface area (Å²) >= 11 is 0.264. The minimum Gasteiger partial charge on any atom is -0.475 e. The molecule has 36 heavy (non-hydrogen) atoms. The Kier molecular flexibility index (Phi) is 10.6. The molecule has 9 nitrogen and oxygen atoms in total. The molecule has 0 bridgehead atoms. The first-order chi connectivity index (χ1) is 16.8. The smallest absolute Gasteiger partial charge is 0.475 e. The summed E-state index contributed by atoms with van der Waals surface area (Å²) in [6.45, 7) is 0.811. The van der Waals surface area contributed by atoms with Crippen molar-refractivity contribution in [2.24, 2.45) is 5.92 Å². The Morgan fingerprint density at radius 2 is 1.75 bits per heavy atom. The van der Waals surface area contributed by atoms with Crippen molar-refractivity contribution >= 4 is 34.3 Å². The van der Waals surface area contributed by atoms with Crippen LogP contribution in [-0.4, -0.2) is 57.9 Å². The molecule has 0 aromatic carbocycles. The van der Waals surface area contributed by atoms with Crippen molar-refractivity contribution in [1.29, 1.82) is 0 Å². The van der Waals surface area contributed by atoms with Gasteiger partial charge in [-0.2, -0.15) is 26.3 Å². The highest BCUT2D eigenvalue weighted by molar-refractivity contribution is 7.15. The largest absolute Gasteiger partial charge is 0.490 e. The van der Waals surface area contributed by atoms with E-state index in [0.717, 1.165) is 51.5 Å². The van der Waals surface area contributed by atoms with Crippen molar-refractivity contribution in [3.63, 3.8) is 0 Å². The SMILES string of the molecule is O=C(C=C[C@H](CC1CCC1)NC(=O)[C@@H]1CCCCN1)Nc1nnc(C(F)(F)F)s1.O=C(O)C(F)(F)F. The zero-order valence-electron chi connectivity index (χ0n) is 18.8. The van der Waals surface area contributed by atoms with Gasteiger partial charge in [0.25, 0.3) is 0 Å². The van der Waals surface area contributed by atoms with Gasteiger partial charge >= 0.3 is 18.3 Å². The van der Waals surface area contributed by atoms with E-state index >= 15 is 0 Å². The van der Waals surface area contributed by atoms with Gasteiger partial charge in [0.1, 0.15) is 0 Å². The van der Waals surface area contributed by atoms with Crippen LogP contribution in [0.3, 0.4) is 0 Å². The summed E-state index contributed by atoms with van der Waals surface area (Å²) in [6.07, 6.45) is 0.0738. The minimum absolute atomic E-state index is 0.0852. The number of piperidine rings is 1. The Morgan fingerprint density at radius 1 is 1.08 bits per heavy atom. The molecule has 0 unspecified atom stereocenters. The molecule has 4 N–H and O–H groups in total. The van der Waals surface area contributed by atoms with E-state index in [-0.39, 0.29) is 34.5 Å². The lowest BCUT2D eigenvalue weighted by atomic mass is 9.80. The van der Waals surface area contributed by atoms with Crippen LogP contribution in [0.4, 0.5) is 31.5 Å².